The number of fused-ring (bicyclic) bond motifs is 1. The van der Waals surface area contributed by atoms with E-state index in [2.05, 4.69) is 20.6 Å². The number of halogens is 2. The van der Waals surface area contributed by atoms with Gasteiger partial charge in [-0.05, 0) is 48.5 Å². The molecule has 2 aliphatic heterocycles. The van der Waals surface area contributed by atoms with E-state index in [1.54, 1.807) is 0 Å². The fourth-order valence-electron chi connectivity index (χ4n) is 3.48. The summed E-state index contributed by atoms with van der Waals surface area (Å²) >= 11 is 0.982. The third-order valence-electron chi connectivity index (χ3n) is 4.81. The van der Waals surface area contributed by atoms with Crippen molar-refractivity contribution < 1.29 is 28.2 Å². The van der Waals surface area contributed by atoms with Crippen LogP contribution >= 0.6 is 11.8 Å². The van der Waals surface area contributed by atoms with Gasteiger partial charge in [-0.15, -0.1) is 0 Å². The normalized spacial score (nSPS) is 22.7. The minimum Gasteiger partial charge on any atom is -0.465 e. The summed E-state index contributed by atoms with van der Waals surface area (Å²) in [5, 5.41) is 13.8. The highest BCUT2D eigenvalue weighted by atomic mass is 32.2. The van der Waals surface area contributed by atoms with E-state index in [0.717, 1.165) is 17.8 Å². The van der Waals surface area contributed by atoms with Crippen LogP contribution in [-0.4, -0.2) is 40.4 Å². The summed E-state index contributed by atoms with van der Waals surface area (Å²) < 4.78 is 34.6. The van der Waals surface area contributed by atoms with Crippen LogP contribution in [0.5, 0.6) is 0 Å². The zero-order valence-electron chi connectivity index (χ0n) is 15.4. The van der Waals surface area contributed by atoms with E-state index in [9.17, 15) is 18.4 Å². The van der Waals surface area contributed by atoms with Crippen LogP contribution in [0.15, 0.2) is 41.5 Å². The van der Waals surface area contributed by atoms with Gasteiger partial charge in [-0.1, -0.05) is 0 Å². The molecular weight excluding hydrogens is 418 g/mol. The predicted octanol–water partition coefficient (Wildman–Crippen LogP) is 3.17. The second-order valence-corrected chi connectivity index (χ2v) is 7.86. The monoisotopic (exact) mass is 434 g/mol. The minimum absolute atomic E-state index is 0.102. The van der Waals surface area contributed by atoms with Gasteiger partial charge in [0.15, 0.2) is 21.6 Å². The van der Waals surface area contributed by atoms with Gasteiger partial charge in [-0.25, -0.2) is 18.6 Å². The van der Waals surface area contributed by atoms with Gasteiger partial charge in [0.1, 0.15) is 5.82 Å². The van der Waals surface area contributed by atoms with E-state index in [0.29, 0.717) is 13.0 Å². The fraction of sp³-hybridized carbons (Fsp3) is 0.263. The number of nitrogens with one attached hydrogen (secondary N) is 2. The lowest BCUT2D eigenvalue weighted by atomic mass is 9.93. The molecule has 30 heavy (non-hydrogen) atoms. The molecule has 0 saturated carbocycles. The van der Waals surface area contributed by atoms with Crippen LogP contribution in [0.3, 0.4) is 0 Å². The van der Waals surface area contributed by atoms with E-state index in [1.807, 2.05) is 0 Å². The first-order valence-corrected chi connectivity index (χ1v) is 9.80. The van der Waals surface area contributed by atoms with Crippen molar-refractivity contribution in [3.8, 4) is 0 Å². The number of amidine groups is 1. The first-order valence-electron chi connectivity index (χ1n) is 8.98. The second-order valence-electron chi connectivity index (χ2n) is 6.66. The van der Waals surface area contributed by atoms with Crippen molar-refractivity contribution in [3.63, 3.8) is 0 Å². The smallest absolute Gasteiger partial charge is 0.410 e. The average Bonchev–Trinajstić information content (AvgIpc) is 3.13. The van der Waals surface area contributed by atoms with Crippen LogP contribution in [0.2, 0.25) is 0 Å². The highest BCUT2D eigenvalue weighted by Gasteiger charge is 2.51. The highest BCUT2D eigenvalue weighted by Crippen LogP contribution is 2.53. The fourth-order valence-corrected chi connectivity index (χ4v) is 4.81. The molecule has 0 spiro atoms. The Bertz CT molecular complexity index is 1050. The number of carboxylic acid groups (broad SMARTS) is 1. The molecule has 1 saturated heterocycles. The topological polar surface area (TPSA) is 113 Å². The van der Waals surface area contributed by atoms with Crippen molar-refractivity contribution in [2.24, 2.45) is 10.9 Å². The van der Waals surface area contributed by atoms with Crippen molar-refractivity contribution in [3.05, 3.63) is 59.4 Å². The van der Waals surface area contributed by atoms with Crippen LogP contribution < -0.4 is 10.6 Å². The van der Waals surface area contributed by atoms with Gasteiger partial charge in [-0.3, -0.25) is 15.1 Å². The Labute approximate surface area is 173 Å². The van der Waals surface area contributed by atoms with E-state index in [-0.39, 0.29) is 34.6 Å². The second kappa shape index (κ2) is 8.00. The number of ether oxygens (including phenoxy) is 1. The molecule has 1 aromatic carbocycles. The summed E-state index contributed by atoms with van der Waals surface area (Å²) in [6.45, 7) is 0.612. The first kappa shape index (κ1) is 20.2. The Balaban J connectivity index is 1.66. The highest BCUT2D eigenvalue weighted by molar-refractivity contribution is 8.14. The number of anilines is 1. The number of aromatic nitrogens is 1. The van der Waals surface area contributed by atoms with Gasteiger partial charge in [0.05, 0.1) is 0 Å². The summed E-state index contributed by atoms with van der Waals surface area (Å²) in [4.78, 5) is 30.1. The molecule has 11 heteroatoms. The Morgan fingerprint density at radius 3 is 2.83 bits per heavy atom. The molecule has 2 atom stereocenters. The molecule has 1 fully saturated rings. The molecule has 2 amide bonds. The summed E-state index contributed by atoms with van der Waals surface area (Å²) in [5.41, 5.74) is -0.0153. The Hall–Kier alpha value is -3.05. The number of hydrogen-bond donors (Lipinski definition) is 3. The number of aliphatic imine (C=N–C) groups is 1. The van der Waals surface area contributed by atoms with Gasteiger partial charge in [0.2, 0.25) is 0 Å². The number of carbonyl (C=O) groups is 2. The van der Waals surface area contributed by atoms with Gasteiger partial charge in [0.25, 0.3) is 5.91 Å². The number of nitrogens with zero attached hydrogens (tertiary/aromatic N) is 2. The molecule has 3 N–H and O–H groups in total. The lowest BCUT2D eigenvalue weighted by Gasteiger charge is -2.37. The number of thioether (sulfide) groups is 1. The molecule has 3 heterocycles. The molecule has 0 aliphatic carbocycles. The van der Waals surface area contributed by atoms with E-state index >= 15 is 0 Å². The van der Waals surface area contributed by atoms with Crippen molar-refractivity contribution in [1.29, 1.82) is 0 Å². The van der Waals surface area contributed by atoms with Crippen molar-refractivity contribution >= 4 is 34.6 Å². The Kier molecular flexibility index (Phi) is 5.39. The average molecular weight is 434 g/mol. The van der Waals surface area contributed by atoms with Crippen LogP contribution in [-0.2, 0) is 9.67 Å². The molecule has 2 aliphatic rings. The molecule has 156 valence electrons. The summed E-state index contributed by atoms with van der Waals surface area (Å²) in [7, 11) is 0. The van der Waals surface area contributed by atoms with E-state index in [1.165, 1.54) is 30.5 Å². The SMILES string of the molecule is O=C(O)NC1=NC[C@@H]2CCO[C@]2(c2cc(NC(=O)c3ncccc3F)ccc2F)S1. The van der Waals surface area contributed by atoms with E-state index < -0.39 is 28.6 Å². The lowest BCUT2D eigenvalue weighted by molar-refractivity contribution is 0.0560. The van der Waals surface area contributed by atoms with Crippen molar-refractivity contribution in [1.82, 2.24) is 10.3 Å². The maximum Gasteiger partial charge on any atom is 0.410 e. The third-order valence-corrected chi connectivity index (χ3v) is 6.21. The van der Waals surface area contributed by atoms with Crippen molar-refractivity contribution in [2.75, 3.05) is 18.5 Å². The lowest BCUT2D eigenvalue weighted by Crippen LogP contribution is -2.41. The minimum atomic E-state index is -1.29. The maximum atomic E-state index is 14.8. The molecule has 2 aromatic rings. The number of pyridine rings is 1. The molecule has 0 bridgehead atoms. The standard InChI is InChI=1S/C19H16F2N4O4S/c20-13-4-3-11(24-16(26)15-14(21)2-1-6-22-15)8-12(13)19-10(5-7-29-19)9-23-17(30-19)25-18(27)28/h1-4,6,8,10H,5,7,9H2,(H,23,25)(H,24,26)(H,27,28)/t10-,19-/m0/s1. The number of carbonyl (C=O) groups excluding carboxylic acids is 1. The van der Waals surface area contributed by atoms with Crippen LogP contribution in [0, 0.1) is 17.6 Å². The molecule has 0 radical (unpaired) electrons. The van der Waals surface area contributed by atoms with Crippen LogP contribution in [0.4, 0.5) is 19.3 Å². The summed E-state index contributed by atoms with van der Waals surface area (Å²) in [5.74, 6) is -2.32. The van der Waals surface area contributed by atoms with E-state index in [4.69, 9.17) is 9.84 Å². The number of rotatable bonds is 3. The molecule has 8 nitrogen and oxygen atoms in total. The molecule has 4 rings (SSSR count). The molecule has 0 unspecified atom stereocenters. The van der Waals surface area contributed by atoms with Crippen molar-refractivity contribution in [2.45, 2.75) is 11.4 Å². The largest absolute Gasteiger partial charge is 0.465 e. The number of hydrogen-bond acceptors (Lipinski definition) is 6. The Morgan fingerprint density at radius 2 is 2.07 bits per heavy atom. The van der Waals surface area contributed by atoms with Gasteiger partial charge in [-0.2, -0.15) is 0 Å². The Morgan fingerprint density at radius 1 is 1.23 bits per heavy atom. The predicted molar refractivity (Wildman–Crippen MR) is 105 cm³/mol. The zero-order chi connectivity index (χ0) is 21.3. The quantitative estimate of drug-likeness (QED) is 0.684. The van der Waals surface area contributed by atoms with Gasteiger partial charge < -0.3 is 15.2 Å². The summed E-state index contributed by atoms with van der Waals surface area (Å²) in [6, 6.07) is 6.40. The third kappa shape index (κ3) is 3.73. The molecular formula is C19H16F2N4O4S. The van der Waals surface area contributed by atoms with Crippen LogP contribution in [0.25, 0.3) is 0 Å². The van der Waals surface area contributed by atoms with Gasteiger partial charge >= 0.3 is 6.09 Å². The number of benzene rings is 1. The maximum absolute atomic E-state index is 14.8. The summed E-state index contributed by atoms with van der Waals surface area (Å²) in [6.07, 6.45) is 0.622. The molecule has 1 aromatic heterocycles. The zero-order valence-corrected chi connectivity index (χ0v) is 16.2. The number of amides is 2. The van der Waals surface area contributed by atoms with Crippen LogP contribution in [0.1, 0.15) is 22.5 Å². The first-order chi connectivity index (χ1) is 14.4. The van der Waals surface area contributed by atoms with Gasteiger partial charge in [0, 0.05) is 36.5 Å².